The van der Waals surface area contributed by atoms with Crippen LogP contribution in [0.2, 0.25) is 0 Å². The van der Waals surface area contributed by atoms with E-state index >= 15 is 0 Å². The number of likely N-dealkylation sites (N-methyl/N-ethyl adjacent to an activating group) is 3. The summed E-state index contributed by atoms with van der Waals surface area (Å²) in [5.74, 6) is -13.2. The van der Waals surface area contributed by atoms with Crippen LogP contribution < -0.4 is 11.1 Å². The molecule has 0 unspecified atom stereocenters. The van der Waals surface area contributed by atoms with Crippen LogP contribution in [-0.4, -0.2) is 66.3 Å². The molecule has 3 rings (SSSR count). The maximum Gasteiger partial charge on any atom is 0.246 e. The zero-order valence-electron chi connectivity index (χ0n) is 25.1. The first kappa shape index (κ1) is 34.2. The minimum absolute atomic E-state index is 0.0218. The summed E-state index contributed by atoms with van der Waals surface area (Å²) in [7, 11) is 3.75. The largest absolute Gasteiger partial charge is 0.357 e. The zero-order valence-corrected chi connectivity index (χ0v) is 25.1. The number of hydrogen-bond donors (Lipinski definition) is 2. The lowest BCUT2D eigenvalue weighted by molar-refractivity contribution is -0.146. The molecule has 12 heteroatoms. The third-order valence-electron chi connectivity index (χ3n) is 7.36. The van der Waals surface area contributed by atoms with Crippen LogP contribution in [0.15, 0.2) is 54.6 Å². The average Bonchev–Trinajstić information content (AvgIpc) is 2.99. The second-order valence-electron chi connectivity index (χ2n) is 11.2. The van der Waals surface area contributed by atoms with Crippen LogP contribution in [0.25, 0.3) is 10.8 Å². The highest BCUT2D eigenvalue weighted by atomic mass is 19.2. The van der Waals surface area contributed by atoms with E-state index < -0.39 is 76.4 Å². The van der Waals surface area contributed by atoms with E-state index in [1.807, 2.05) is 30.3 Å². The normalized spacial score (nSPS) is 13.2. The van der Waals surface area contributed by atoms with Crippen molar-refractivity contribution in [3.8, 4) is 0 Å². The van der Waals surface area contributed by atoms with Gasteiger partial charge < -0.3 is 20.9 Å². The molecule has 0 aliphatic heterocycles. The molecule has 3 aromatic rings. The molecule has 3 amide bonds. The fourth-order valence-electron chi connectivity index (χ4n) is 4.79. The monoisotopic (exact) mass is 618 g/mol. The van der Waals surface area contributed by atoms with Gasteiger partial charge in [-0.1, -0.05) is 48.5 Å². The molecular weight excluding hydrogens is 583 g/mol. The van der Waals surface area contributed by atoms with E-state index in [4.69, 9.17) is 5.73 Å². The van der Waals surface area contributed by atoms with Gasteiger partial charge in [-0.25, -0.2) is 22.0 Å². The molecule has 0 heterocycles. The van der Waals surface area contributed by atoms with E-state index in [-0.39, 0.29) is 6.42 Å². The summed E-state index contributed by atoms with van der Waals surface area (Å²) in [6.45, 7) is 3.55. The number of amides is 3. The summed E-state index contributed by atoms with van der Waals surface area (Å²) in [5, 5.41) is 3.94. The van der Waals surface area contributed by atoms with Crippen LogP contribution in [-0.2, 0) is 27.2 Å². The molecule has 3 N–H and O–H groups in total. The molecule has 0 aromatic heterocycles. The number of hydrogen-bond acceptors (Lipinski definition) is 4. The average molecular weight is 619 g/mol. The maximum atomic E-state index is 14.6. The molecule has 0 spiro atoms. The fraction of sp³-hybridized carbons (Fsp3) is 0.344. The first-order chi connectivity index (χ1) is 20.6. The molecule has 0 saturated heterocycles. The number of benzene rings is 3. The number of carbonyl (C=O) groups excluding carboxylic acids is 3. The van der Waals surface area contributed by atoms with Crippen LogP contribution in [0.5, 0.6) is 0 Å². The van der Waals surface area contributed by atoms with Crippen molar-refractivity contribution in [3.63, 3.8) is 0 Å². The molecule has 0 saturated carbocycles. The smallest absolute Gasteiger partial charge is 0.246 e. The van der Waals surface area contributed by atoms with E-state index in [9.17, 15) is 36.3 Å². The Kier molecular flexibility index (Phi) is 10.9. The number of fused-ring (bicyclic) bond motifs is 1. The maximum absolute atomic E-state index is 14.6. The number of rotatable bonds is 11. The summed E-state index contributed by atoms with van der Waals surface area (Å²) in [4.78, 5) is 42.2. The van der Waals surface area contributed by atoms with Gasteiger partial charge in [0.05, 0.1) is 0 Å². The van der Waals surface area contributed by atoms with Gasteiger partial charge in [0.1, 0.15) is 12.1 Å². The van der Waals surface area contributed by atoms with E-state index in [0.717, 1.165) is 22.7 Å². The SMILES string of the molecule is CNC(=O)[C@@H](Cc1c(F)c(F)c(F)c(F)c1F)N(C)C(=O)[C@@H](Cc1cccc2ccccc12)N(C)C(=O)C=CCC(C)(C)N. The molecule has 0 fully saturated rings. The van der Waals surface area contributed by atoms with Gasteiger partial charge >= 0.3 is 0 Å². The Morgan fingerprint density at radius 1 is 0.841 bits per heavy atom. The zero-order chi connectivity index (χ0) is 32.9. The Labute approximate surface area is 252 Å². The predicted molar refractivity (Wildman–Crippen MR) is 157 cm³/mol. The van der Waals surface area contributed by atoms with Crippen molar-refractivity contribution < 1.29 is 36.3 Å². The Morgan fingerprint density at radius 3 is 2.00 bits per heavy atom. The van der Waals surface area contributed by atoms with Gasteiger partial charge in [-0.2, -0.15) is 0 Å². The lowest BCUT2D eigenvalue weighted by atomic mass is 9.96. The number of nitrogens with two attached hydrogens (primary N) is 1. The Balaban J connectivity index is 2.06. The highest BCUT2D eigenvalue weighted by Crippen LogP contribution is 2.26. The van der Waals surface area contributed by atoms with E-state index in [2.05, 4.69) is 5.32 Å². The van der Waals surface area contributed by atoms with Crippen LogP contribution in [0, 0.1) is 29.1 Å². The number of nitrogens with zero attached hydrogens (tertiary/aromatic N) is 2. The lowest BCUT2D eigenvalue weighted by Crippen LogP contribution is -2.55. The quantitative estimate of drug-likeness (QED) is 0.144. The van der Waals surface area contributed by atoms with Crippen LogP contribution in [0.3, 0.4) is 0 Å². The summed E-state index contributed by atoms with van der Waals surface area (Å²) in [6.07, 6.45) is 2.14. The second kappa shape index (κ2) is 14.0. The topological polar surface area (TPSA) is 95.7 Å². The van der Waals surface area contributed by atoms with Gasteiger partial charge in [0.25, 0.3) is 0 Å². The van der Waals surface area contributed by atoms with Crippen molar-refractivity contribution in [3.05, 3.63) is 94.8 Å². The van der Waals surface area contributed by atoms with Crippen molar-refractivity contribution >= 4 is 28.5 Å². The molecule has 0 radical (unpaired) electrons. The van der Waals surface area contributed by atoms with Gasteiger partial charge in [-0.15, -0.1) is 0 Å². The van der Waals surface area contributed by atoms with Crippen molar-refractivity contribution in [1.82, 2.24) is 15.1 Å². The van der Waals surface area contributed by atoms with Gasteiger partial charge in [-0.05, 0) is 42.7 Å². The molecule has 44 heavy (non-hydrogen) atoms. The molecule has 236 valence electrons. The van der Waals surface area contributed by atoms with Crippen molar-refractivity contribution in [1.29, 1.82) is 0 Å². The summed E-state index contributed by atoms with van der Waals surface area (Å²) in [5.41, 5.74) is 4.83. The number of nitrogens with one attached hydrogen (secondary N) is 1. The molecular formula is C32H35F5N4O3. The highest BCUT2D eigenvalue weighted by molar-refractivity contribution is 5.95. The number of carbonyl (C=O) groups is 3. The van der Waals surface area contributed by atoms with Crippen molar-refractivity contribution in [2.24, 2.45) is 5.73 Å². The van der Waals surface area contributed by atoms with Gasteiger partial charge in [-0.3, -0.25) is 14.4 Å². The first-order valence-corrected chi connectivity index (χ1v) is 13.8. The van der Waals surface area contributed by atoms with Crippen LogP contribution in [0.1, 0.15) is 31.4 Å². The Morgan fingerprint density at radius 2 is 1.41 bits per heavy atom. The molecule has 2 atom stereocenters. The Hall–Kier alpha value is -4.32. The molecule has 3 aromatic carbocycles. The molecule has 7 nitrogen and oxygen atoms in total. The third-order valence-corrected chi connectivity index (χ3v) is 7.36. The van der Waals surface area contributed by atoms with E-state index in [1.54, 1.807) is 32.1 Å². The lowest BCUT2D eigenvalue weighted by Gasteiger charge is -2.34. The summed E-state index contributed by atoms with van der Waals surface area (Å²) < 4.78 is 70.8. The first-order valence-electron chi connectivity index (χ1n) is 13.8. The van der Waals surface area contributed by atoms with E-state index in [0.29, 0.717) is 12.0 Å². The highest BCUT2D eigenvalue weighted by Gasteiger charge is 2.37. The number of halogens is 5. The summed E-state index contributed by atoms with van der Waals surface area (Å²) >= 11 is 0. The van der Waals surface area contributed by atoms with E-state index in [1.165, 1.54) is 25.1 Å². The van der Waals surface area contributed by atoms with Crippen LogP contribution >= 0.6 is 0 Å². The van der Waals surface area contributed by atoms with Gasteiger partial charge in [0, 0.05) is 45.1 Å². The fourth-order valence-corrected chi connectivity index (χ4v) is 4.79. The van der Waals surface area contributed by atoms with Crippen molar-refractivity contribution in [2.45, 2.75) is 50.7 Å². The third kappa shape index (κ3) is 7.60. The predicted octanol–water partition coefficient (Wildman–Crippen LogP) is 4.40. The standard InChI is InChI=1S/C32H35F5N4O3/c1-32(2,38)15-9-14-24(42)40(4)23(16-19-12-8-11-18-10-6-7-13-20(18)19)31(44)41(5)22(30(43)39-3)17-21-25(33)27(35)29(37)28(36)26(21)34/h6-14,22-23H,15-17,38H2,1-5H3,(H,39,43)/t22-,23-/m1/s1. The molecule has 0 aliphatic rings. The van der Waals surface area contributed by atoms with Crippen molar-refractivity contribution in [2.75, 3.05) is 21.1 Å². The van der Waals surface area contributed by atoms with Gasteiger partial charge in [0.2, 0.25) is 23.5 Å². The van der Waals surface area contributed by atoms with Gasteiger partial charge in [0.15, 0.2) is 23.3 Å². The minimum atomic E-state index is -2.34. The Bertz CT molecular complexity index is 1550. The van der Waals surface area contributed by atoms with Crippen LogP contribution in [0.4, 0.5) is 22.0 Å². The summed E-state index contributed by atoms with van der Waals surface area (Å²) in [6, 6.07) is 9.87. The molecule has 0 aliphatic carbocycles. The minimum Gasteiger partial charge on any atom is -0.357 e. The second-order valence-corrected chi connectivity index (χ2v) is 11.2. The molecule has 0 bridgehead atoms.